The second kappa shape index (κ2) is 6.81. The average molecular weight is 401 g/mol. The maximum absolute atomic E-state index is 12.3. The van der Waals surface area contributed by atoms with Gasteiger partial charge in [0.1, 0.15) is 11.7 Å². The van der Waals surface area contributed by atoms with E-state index in [1.807, 2.05) is 0 Å². The highest BCUT2D eigenvalue weighted by atomic mass is 16.6. The second-order valence-corrected chi connectivity index (χ2v) is 12.7. The van der Waals surface area contributed by atoms with Crippen molar-refractivity contribution in [1.82, 2.24) is 0 Å². The number of epoxide rings is 1. The van der Waals surface area contributed by atoms with Crippen LogP contribution in [-0.4, -0.2) is 17.5 Å². The third-order valence-electron chi connectivity index (χ3n) is 11.2. The van der Waals surface area contributed by atoms with Crippen molar-refractivity contribution in [3.05, 3.63) is 0 Å². The van der Waals surface area contributed by atoms with Gasteiger partial charge in [-0.15, -0.1) is 0 Å². The van der Waals surface area contributed by atoms with Crippen molar-refractivity contribution in [2.45, 2.75) is 117 Å². The maximum atomic E-state index is 12.3. The van der Waals surface area contributed by atoms with Gasteiger partial charge in [0.15, 0.2) is 5.78 Å². The fraction of sp³-hybridized carbons (Fsp3) is 0.963. The molecule has 5 aliphatic rings. The van der Waals surface area contributed by atoms with Crippen LogP contribution < -0.4 is 0 Å². The Morgan fingerprint density at radius 2 is 1.76 bits per heavy atom. The number of ketones is 1. The van der Waals surface area contributed by atoms with E-state index >= 15 is 0 Å². The van der Waals surface area contributed by atoms with Crippen molar-refractivity contribution >= 4 is 5.78 Å². The van der Waals surface area contributed by atoms with Gasteiger partial charge in [-0.25, -0.2) is 0 Å². The zero-order valence-corrected chi connectivity index (χ0v) is 19.6. The summed E-state index contributed by atoms with van der Waals surface area (Å²) >= 11 is 0. The third-order valence-corrected chi connectivity index (χ3v) is 11.2. The molecule has 164 valence electrons. The van der Waals surface area contributed by atoms with E-state index in [9.17, 15) is 4.79 Å². The molecule has 2 nitrogen and oxygen atoms in total. The number of rotatable bonds is 5. The normalized spacial score (nSPS) is 51.8. The molecule has 0 N–H and O–H groups in total. The van der Waals surface area contributed by atoms with E-state index in [-0.39, 0.29) is 17.1 Å². The Morgan fingerprint density at radius 3 is 2.52 bits per heavy atom. The lowest BCUT2D eigenvalue weighted by Gasteiger charge is -2.59. The van der Waals surface area contributed by atoms with Crippen LogP contribution in [0.15, 0.2) is 0 Å². The van der Waals surface area contributed by atoms with Crippen LogP contribution >= 0.6 is 0 Å². The molecule has 4 aliphatic carbocycles. The molecule has 1 spiro atoms. The van der Waals surface area contributed by atoms with E-state index in [2.05, 4.69) is 34.6 Å². The first kappa shape index (κ1) is 20.5. The number of hydrogen-bond acceptors (Lipinski definition) is 2. The summed E-state index contributed by atoms with van der Waals surface area (Å²) in [4.78, 5) is 12.3. The minimum atomic E-state index is -0.0562. The summed E-state index contributed by atoms with van der Waals surface area (Å²) in [5, 5.41) is 0. The Morgan fingerprint density at radius 1 is 0.966 bits per heavy atom. The first-order valence-corrected chi connectivity index (χ1v) is 12.9. The molecule has 29 heavy (non-hydrogen) atoms. The van der Waals surface area contributed by atoms with Crippen LogP contribution in [0.3, 0.4) is 0 Å². The topological polar surface area (TPSA) is 29.6 Å². The number of carbonyl (C=O) groups excluding carboxylic acids is 1. The quantitative estimate of drug-likeness (QED) is 0.474. The molecule has 0 radical (unpaired) electrons. The summed E-state index contributed by atoms with van der Waals surface area (Å²) in [5.74, 6) is 5.66. The van der Waals surface area contributed by atoms with Gasteiger partial charge in [-0.1, -0.05) is 53.9 Å². The van der Waals surface area contributed by atoms with Crippen molar-refractivity contribution in [2.24, 2.45) is 46.3 Å². The van der Waals surface area contributed by atoms with Gasteiger partial charge < -0.3 is 4.74 Å². The van der Waals surface area contributed by atoms with Crippen LogP contribution in [0.2, 0.25) is 0 Å². The first-order chi connectivity index (χ1) is 13.7. The summed E-state index contributed by atoms with van der Waals surface area (Å²) < 4.78 is 6.24. The Hall–Kier alpha value is -0.370. The highest BCUT2D eigenvalue weighted by molar-refractivity contribution is 5.88. The van der Waals surface area contributed by atoms with Crippen LogP contribution in [0.1, 0.15) is 105 Å². The monoisotopic (exact) mass is 400 g/mol. The zero-order chi connectivity index (χ0) is 20.6. The lowest BCUT2D eigenvalue weighted by Crippen LogP contribution is -2.58. The molecule has 0 amide bonds. The molecular weight excluding hydrogens is 356 g/mol. The Labute approximate surface area is 178 Å². The van der Waals surface area contributed by atoms with Gasteiger partial charge in [0.05, 0.1) is 0 Å². The number of Topliss-reactive ketones (excluding diaryl/α,β-unsaturated/α-hetero) is 1. The van der Waals surface area contributed by atoms with Crippen LogP contribution in [-0.2, 0) is 9.53 Å². The van der Waals surface area contributed by atoms with Crippen LogP contribution in [0, 0.1) is 46.3 Å². The highest BCUT2D eigenvalue weighted by Crippen LogP contribution is 2.73. The molecule has 4 unspecified atom stereocenters. The van der Waals surface area contributed by atoms with Gasteiger partial charge in [0, 0.05) is 11.8 Å². The largest absolute Gasteiger partial charge is 0.357 e. The van der Waals surface area contributed by atoms with Gasteiger partial charge in [0.2, 0.25) is 0 Å². The molecule has 0 aromatic carbocycles. The van der Waals surface area contributed by atoms with Gasteiger partial charge >= 0.3 is 0 Å². The van der Waals surface area contributed by atoms with Crippen molar-refractivity contribution in [2.75, 3.05) is 0 Å². The molecule has 1 saturated heterocycles. The van der Waals surface area contributed by atoms with E-state index in [1.54, 1.807) is 0 Å². The van der Waals surface area contributed by atoms with Crippen molar-refractivity contribution < 1.29 is 9.53 Å². The first-order valence-electron chi connectivity index (χ1n) is 12.9. The molecule has 0 aromatic heterocycles. The van der Waals surface area contributed by atoms with Crippen molar-refractivity contribution in [3.63, 3.8) is 0 Å². The third kappa shape index (κ3) is 2.79. The minimum Gasteiger partial charge on any atom is -0.357 e. The Kier molecular flexibility index (Phi) is 4.82. The molecule has 9 atom stereocenters. The van der Waals surface area contributed by atoms with Gasteiger partial charge in [-0.05, 0) is 85.9 Å². The number of ether oxygens (including phenoxy) is 1. The van der Waals surface area contributed by atoms with Gasteiger partial charge in [-0.3, -0.25) is 4.79 Å². The summed E-state index contributed by atoms with van der Waals surface area (Å²) in [6.45, 7) is 12.5. The molecule has 0 aromatic rings. The smallest absolute Gasteiger partial charge is 0.164 e. The SMILES string of the molecule is CC(C)CCC[C@@H](C)C1CCC2C3CC[C@]45O[C@H]4C(=O)CC[C@]5(C)C3CC[C@@]21C. The summed E-state index contributed by atoms with van der Waals surface area (Å²) in [6.07, 6.45) is 14.3. The fourth-order valence-corrected chi connectivity index (χ4v) is 9.52. The van der Waals surface area contributed by atoms with Crippen LogP contribution in [0.5, 0.6) is 0 Å². The lowest BCUT2D eigenvalue weighted by molar-refractivity contribution is -0.132. The zero-order valence-electron chi connectivity index (χ0n) is 19.6. The summed E-state index contributed by atoms with van der Waals surface area (Å²) in [7, 11) is 0. The summed E-state index contributed by atoms with van der Waals surface area (Å²) in [5.41, 5.74) is 0.768. The van der Waals surface area contributed by atoms with Crippen molar-refractivity contribution in [3.8, 4) is 0 Å². The standard InChI is InChI=1S/C27H44O2/c1-17(2)7-6-8-18(3)20-9-10-21-19-11-16-27-24(29-27)23(28)13-15-26(27,5)22(19)12-14-25(20,21)4/h17-22,24H,6-16H2,1-5H3/t18-,19?,20?,21?,22?,24+,25-,26-,27+/m1/s1. The second-order valence-electron chi connectivity index (χ2n) is 12.7. The fourth-order valence-electron chi connectivity index (χ4n) is 9.52. The number of hydrogen-bond donors (Lipinski definition) is 0. The molecule has 0 bridgehead atoms. The van der Waals surface area contributed by atoms with Gasteiger partial charge in [0.25, 0.3) is 0 Å². The predicted octanol–water partition coefficient (Wildman–Crippen LogP) is 6.81. The molecule has 4 saturated carbocycles. The number of fused-ring (bicyclic) bond motifs is 4. The van der Waals surface area contributed by atoms with Crippen LogP contribution in [0.4, 0.5) is 0 Å². The minimum absolute atomic E-state index is 0.0344. The highest BCUT2D eigenvalue weighted by Gasteiger charge is 2.76. The van der Waals surface area contributed by atoms with E-state index in [4.69, 9.17) is 4.74 Å². The average Bonchev–Trinajstić information content (AvgIpc) is 3.31. The Bertz CT molecular complexity index is 669. The molecule has 1 heterocycles. The number of carbonyl (C=O) groups is 1. The maximum Gasteiger partial charge on any atom is 0.164 e. The predicted molar refractivity (Wildman–Crippen MR) is 118 cm³/mol. The van der Waals surface area contributed by atoms with Gasteiger partial charge in [-0.2, -0.15) is 0 Å². The van der Waals surface area contributed by atoms with E-state index in [0.717, 1.165) is 54.8 Å². The molecule has 2 heteroatoms. The van der Waals surface area contributed by atoms with E-state index < -0.39 is 0 Å². The molecule has 1 aliphatic heterocycles. The van der Waals surface area contributed by atoms with E-state index in [1.165, 1.54) is 51.4 Å². The lowest BCUT2D eigenvalue weighted by atomic mass is 9.44. The van der Waals surface area contributed by atoms with E-state index in [0.29, 0.717) is 11.2 Å². The van der Waals surface area contributed by atoms with Crippen LogP contribution in [0.25, 0.3) is 0 Å². The Balaban J connectivity index is 1.32. The molecular formula is C27H44O2. The van der Waals surface area contributed by atoms with Crippen molar-refractivity contribution in [1.29, 1.82) is 0 Å². The summed E-state index contributed by atoms with van der Waals surface area (Å²) in [6, 6.07) is 0. The molecule has 5 rings (SSSR count). The molecule has 5 fully saturated rings.